The zero-order valence-corrected chi connectivity index (χ0v) is 13.9. The lowest BCUT2D eigenvalue weighted by Gasteiger charge is -2.45. The van der Waals surface area contributed by atoms with Gasteiger partial charge in [0.05, 0.1) is 22.4 Å². The first-order chi connectivity index (χ1) is 9.37. The molecule has 1 saturated carbocycles. The van der Waals surface area contributed by atoms with Crippen LogP contribution in [0.2, 0.25) is 0 Å². The molecule has 1 fully saturated rings. The van der Waals surface area contributed by atoms with Crippen molar-refractivity contribution in [3.8, 4) is 0 Å². The largest absolute Gasteiger partial charge is 0.390 e. The van der Waals surface area contributed by atoms with Gasteiger partial charge in [-0.15, -0.1) is 11.3 Å². The molecule has 4 heteroatoms. The molecule has 1 aliphatic carbocycles. The molecule has 114 valence electrons. The quantitative estimate of drug-likeness (QED) is 0.900. The fourth-order valence-electron chi connectivity index (χ4n) is 3.10. The SMILES string of the molecule is CCOC1(C(O)Cc2csc(C)n2)CCC(C)(C)CC1. The monoisotopic (exact) mass is 297 g/mol. The van der Waals surface area contributed by atoms with E-state index in [1.807, 2.05) is 19.2 Å². The summed E-state index contributed by atoms with van der Waals surface area (Å²) in [7, 11) is 0. The Hall–Kier alpha value is -0.450. The Balaban J connectivity index is 2.07. The second-order valence-electron chi connectivity index (χ2n) is 6.74. The van der Waals surface area contributed by atoms with Crippen LogP contribution >= 0.6 is 11.3 Å². The van der Waals surface area contributed by atoms with Gasteiger partial charge in [-0.3, -0.25) is 0 Å². The van der Waals surface area contributed by atoms with Gasteiger partial charge in [-0.05, 0) is 44.9 Å². The molecule has 0 aliphatic heterocycles. The number of hydrogen-bond donors (Lipinski definition) is 1. The zero-order valence-electron chi connectivity index (χ0n) is 13.1. The minimum atomic E-state index is -0.458. The highest BCUT2D eigenvalue weighted by molar-refractivity contribution is 7.09. The van der Waals surface area contributed by atoms with E-state index in [9.17, 15) is 5.11 Å². The Morgan fingerprint density at radius 2 is 2.00 bits per heavy atom. The maximum Gasteiger partial charge on any atom is 0.0944 e. The summed E-state index contributed by atoms with van der Waals surface area (Å²) in [5, 5.41) is 13.8. The van der Waals surface area contributed by atoms with Gasteiger partial charge in [0.25, 0.3) is 0 Å². The number of aromatic nitrogens is 1. The lowest BCUT2D eigenvalue weighted by Crippen LogP contribution is -2.50. The molecule has 20 heavy (non-hydrogen) atoms. The lowest BCUT2D eigenvalue weighted by molar-refractivity contribution is -0.150. The van der Waals surface area contributed by atoms with Gasteiger partial charge in [0, 0.05) is 18.4 Å². The van der Waals surface area contributed by atoms with Gasteiger partial charge in [0.15, 0.2) is 0 Å². The summed E-state index contributed by atoms with van der Waals surface area (Å²) in [5.41, 5.74) is 0.989. The van der Waals surface area contributed by atoms with Crippen LogP contribution in [-0.4, -0.2) is 28.4 Å². The molecule has 0 amide bonds. The van der Waals surface area contributed by atoms with Crippen molar-refractivity contribution in [2.24, 2.45) is 5.41 Å². The standard InChI is InChI=1S/C16H27NO2S/c1-5-19-16(8-6-15(3,4)7-9-16)14(18)10-13-11-20-12(2)17-13/h11,14,18H,5-10H2,1-4H3. The highest BCUT2D eigenvalue weighted by Gasteiger charge is 2.44. The van der Waals surface area contributed by atoms with Gasteiger partial charge in [-0.2, -0.15) is 0 Å². The van der Waals surface area contributed by atoms with E-state index in [0.717, 1.165) is 36.4 Å². The van der Waals surface area contributed by atoms with Gasteiger partial charge in [-0.25, -0.2) is 4.98 Å². The average Bonchev–Trinajstić information content (AvgIpc) is 2.78. The highest BCUT2D eigenvalue weighted by atomic mass is 32.1. The maximum atomic E-state index is 10.7. The summed E-state index contributed by atoms with van der Waals surface area (Å²) in [6.45, 7) is 9.29. The molecule has 1 aromatic heterocycles. The minimum Gasteiger partial charge on any atom is -0.390 e. The molecule has 1 aliphatic rings. The molecule has 0 saturated heterocycles. The molecule has 2 rings (SSSR count). The number of ether oxygens (including phenoxy) is 1. The Morgan fingerprint density at radius 3 is 2.50 bits per heavy atom. The van der Waals surface area contributed by atoms with Crippen molar-refractivity contribution < 1.29 is 9.84 Å². The van der Waals surface area contributed by atoms with Gasteiger partial charge in [-0.1, -0.05) is 13.8 Å². The molecule has 0 bridgehead atoms. The van der Waals surface area contributed by atoms with Crippen molar-refractivity contribution in [2.45, 2.75) is 71.5 Å². The number of aryl methyl sites for hydroxylation is 1. The molecule has 0 radical (unpaired) electrons. The molecule has 1 unspecified atom stereocenters. The van der Waals surface area contributed by atoms with E-state index in [-0.39, 0.29) is 5.60 Å². The van der Waals surface area contributed by atoms with Gasteiger partial charge in [0.1, 0.15) is 0 Å². The van der Waals surface area contributed by atoms with Gasteiger partial charge >= 0.3 is 0 Å². The van der Waals surface area contributed by atoms with E-state index in [1.54, 1.807) is 11.3 Å². The van der Waals surface area contributed by atoms with Crippen LogP contribution in [0.3, 0.4) is 0 Å². The fourth-order valence-corrected chi connectivity index (χ4v) is 3.72. The topological polar surface area (TPSA) is 42.4 Å². The van der Waals surface area contributed by atoms with Crippen LogP contribution < -0.4 is 0 Å². The van der Waals surface area contributed by atoms with Crippen molar-refractivity contribution in [2.75, 3.05) is 6.61 Å². The van der Waals surface area contributed by atoms with Gasteiger partial charge in [0.2, 0.25) is 0 Å². The molecule has 1 atom stereocenters. The lowest BCUT2D eigenvalue weighted by atomic mass is 9.68. The first-order valence-corrected chi connectivity index (χ1v) is 8.48. The van der Waals surface area contributed by atoms with Crippen molar-refractivity contribution >= 4 is 11.3 Å². The second kappa shape index (κ2) is 6.12. The Morgan fingerprint density at radius 1 is 1.35 bits per heavy atom. The van der Waals surface area contributed by atoms with Crippen LogP contribution in [-0.2, 0) is 11.2 Å². The van der Waals surface area contributed by atoms with Crippen molar-refractivity contribution in [3.05, 3.63) is 16.1 Å². The number of thiazole rings is 1. The third kappa shape index (κ3) is 3.60. The third-order valence-corrected chi connectivity index (χ3v) is 5.38. The zero-order chi connectivity index (χ0) is 14.8. The van der Waals surface area contributed by atoms with E-state index in [0.29, 0.717) is 18.4 Å². The molecular formula is C16H27NO2S. The number of aliphatic hydroxyl groups excluding tert-OH is 1. The smallest absolute Gasteiger partial charge is 0.0944 e. The van der Waals surface area contributed by atoms with E-state index in [2.05, 4.69) is 18.8 Å². The normalized spacial score (nSPS) is 22.6. The van der Waals surface area contributed by atoms with Crippen LogP contribution in [0.5, 0.6) is 0 Å². The van der Waals surface area contributed by atoms with Gasteiger partial charge < -0.3 is 9.84 Å². The number of rotatable bonds is 5. The Bertz CT molecular complexity index is 431. The summed E-state index contributed by atoms with van der Waals surface area (Å²) >= 11 is 1.64. The van der Waals surface area contributed by atoms with E-state index < -0.39 is 6.10 Å². The van der Waals surface area contributed by atoms with Crippen LogP contribution in [0.1, 0.15) is 57.2 Å². The molecule has 0 aromatic carbocycles. The van der Waals surface area contributed by atoms with E-state index >= 15 is 0 Å². The molecule has 3 nitrogen and oxygen atoms in total. The van der Waals surface area contributed by atoms with Crippen LogP contribution in [0.25, 0.3) is 0 Å². The van der Waals surface area contributed by atoms with Crippen molar-refractivity contribution in [3.63, 3.8) is 0 Å². The first-order valence-electron chi connectivity index (χ1n) is 7.60. The minimum absolute atomic E-state index is 0.373. The summed E-state index contributed by atoms with van der Waals surface area (Å²) in [6, 6.07) is 0. The Labute approximate surface area is 126 Å². The molecule has 1 aromatic rings. The number of nitrogens with zero attached hydrogens (tertiary/aromatic N) is 1. The van der Waals surface area contributed by atoms with E-state index in [1.165, 1.54) is 0 Å². The Kier molecular flexibility index (Phi) is 4.88. The number of aliphatic hydroxyl groups is 1. The maximum absolute atomic E-state index is 10.7. The third-order valence-electron chi connectivity index (χ3n) is 4.56. The summed E-state index contributed by atoms with van der Waals surface area (Å²) in [5.74, 6) is 0. The van der Waals surface area contributed by atoms with Crippen molar-refractivity contribution in [1.82, 2.24) is 4.98 Å². The summed E-state index contributed by atoms with van der Waals surface area (Å²) < 4.78 is 6.03. The average molecular weight is 297 g/mol. The van der Waals surface area contributed by atoms with Crippen LogP contribution in [0.4, 0.5) is 0 Å². The fraction of sp³-hybridized carbons (Fsp3) is 0.812. The second-order valence-corrected chi connectivity index (χ2v) is 7.80. The first kappa shape index (κ1) is 15.9. The number of hydrogen-bond acceptors (Lipinski definition) is 4. The van der Waals surface area contributed by atoms with Crippen LogP contribution in [0, 0.1) is 12.3 Å². The molecule has 1 heterocycles. The highest BCUT2D eigenvalue weighted by Crippen LogP contribution is 2.44. The summed E-state index contributed by atoms with van der Waals surface area (Å²) in [6.07, 6.45) is 4.25. The predicted octanol–water partition coefficient (Wildman–Crippen LogP) is 3.73. The predicted molar refractivity (Wildman–Crippen MR) is 83.2 cm³/mol. The van der Waals surface area contributed by atoms with Crippen LogP contribution in [0.15, 0.2) is 5.38 Å². The van der Waals surface area contributed by atoms with Crippen molar-refractivity contribution in [1.29, 1.82) is 0 Å². The molecular weight excluding hydrogens is 270 g/mol. The molecule has 0 spiro atoms. The summed E-state index contributed by atoms with van der Waals surface area (Å²) in [4.78, 5) is 4.47. The molecule has 1 N–H and O–H groups in total. The van der Waals surface area contributed by atoms with E-state index in [4.69, 9.17) is 4.74 Å².